The van der Waals surface area contributed by atoms with E-state index in [1.807, 2.05) is 0 Å². The number of nitrogens with two attached hydrogens (primary N) is 1. The number of nitrogens with zero attached hydrogens (tertiary/aromatic N) is 3. The van der Waals surface area contributed by atoms with Gasteiger partial charge in [-0.2, -0.15) is 13.2 Å². The molecule has 14 heteroatoms. The van der Waals surface area contributed by atoms with E-state index in [4.69, 9.17) is 5.14 Å². The van der Waals surface area contributed by atoms with Gasteiger partial charge >= 0.3 is 6.18 Å². The standard InChI is InChI=1S/C18H18F5N5O3S/c1-10-9-28(7-5-17(10,19)20)15-12(2-3-13(27-15)18(21,22)23)16(29)26-11-4-6-25-14(8-11)32(24,30)31/h2-4,6,8,10H,5,7,9H2,1H3,(H2,24,30,31)(H,25,26,29)/t10-/m1/s1. The Morgan fingerprint density at radius 1 is 1.28 bits per heavy atom. The van der Waals surface area contributed by atoms with Gasteiger partial charge in [0.2, 0.25) is 0 Å². The summed E-state index contributed by atoms with van der Waals surface area (Å²) >= 11 is 0. The van der Waals surface area contributed by atoms with Crippen LogP contribution >= 0.6 is 0 Å². The summed E-state index contributed by atoms with van der Waals surface area (Å²) < 4.78 is 90.2. The van der Waals surface area contributed by atoms with E-state index in [1.54, 1.807) is 0 Å². The first-order chi connectivity index (χ1) is 14.7. The van der Waals surface area contributed by atoms with Crippen LogP contribution in [0.3, 0.4) is 0 Å². The number of nitrogens with one attached hydrogen (secondary N) is 1. The maximum absolute atomic E-state index is 13.9. The molecule has 1 saturated heterocycles. The van der Waals surface area contributed by atoms with Crippen molar-refractivity contribution in [3.05, 3.63) is 41.7 Å². The van der Waals surface area contributed by atoms with Crippen LogP contribution < -0.4 is 15.4 Å². The number of sulfonamides is 1. The van der Waals surface area contributed by atoms with Gasteiger partial charge in [0.15, 0.2) is 5.03 Å². The van der Waals surface area contributed by atoms with Crippen molar-refractivity contribution in [3.8, 4) is 0 Å². The van der Waals surface area contributed by atoms with E-state index in [9.17, 15) is 35.2 Å². The number of hydrogen-bond acceptors (Lipinski definition) is 6. The van der Waals surface area contributed by atoms with E-state index in [0.29, 0.717) is 6.07 Å². The van der Waals surface area contributed by atoms with Crippen molar-refractivity contribution in [2.75, 3.05) is 23.3 Å². The fourth-order valence-electron chi connectivity index (χ4n) is 3.14. The SMILES string of the molecule is C[C@@H]1CN(c2nc(C(F)(F)F)ccc2C(=O)Nc2ccnc(S(N)(=O)=O)c2)CCC1(F)F. The number of primary sulfonamides is 1. The number of halogens is 5. The van der Waals surface area contributed by atoms with Gasteiger partial charge in [-0.05, 0) is 18.2 Å². The van der Waals surface area contributed by atoms with E-state index in [0.717, 1.165) is 18.3 Å². The summed E-state index contributed by atoms with van der Waals surface area (Å²) in [6.07, 6.45) is -4.37. The minimum Gasteiger partial charge on any atom is -0.355 e. The van der Waals surface area contributed by atoms with Gasteiger partial charge in [-0.1, -0.05) is 6.92 Å². The summed E-state index contributed by atoms with van der Waals surface area (Å²) in [5.41, 5.74) is -1.63. The van der Waals surface area contributed by atoms with Gasteiger partial charge in [0.05, 0.1) is 5.56 Å². The molecule has 1 amide bonds. The molecular formula is C18H18F5N5O3S. The number of alkyl halides is 5. The normalized spacial score (nSPS) is 19.0. The fourth-order valence-corrected chi connectivity index (χ4v) is 3.64. The third kappa shape index (κ3) is 5.12. The summed E-state index contributed by atoms with van der Waals surface area (Å²) in [7, 11) is -4.17. The summed E-state index contributed by atoms with van der Waals surface area (Å²) in [6.45, 7) is 0.633. The van der Waals surface area contributed by atoms with Crippen LogP contribution in [-0.4, -0.2) is 43.3 Å². The van der Waals surface area contributed by atoms with E-state index < -0.39 is 56.9 Å². The number of rotatable bonds is 4. The Hall–Kier alpha value is -2.87. The van der Waals surface area contributed by atoms with Crippen molar-refractivity contribution in [3.63, 3.8) is 0 Å². The molecule has 174 valence electrons. The number of carbonyl (C=O) groups is 1. The second-order valence-electron chi connectivity index (χ2n) is 7.31. The highest BCUT2D eigenvalue weighted by Crippen LogP contribution is 2.37. The van der Waals surface area contributed by atoms with E-state index in [2.05, 4.69) is 15.3 Å². The third-order valence-corrected chi connectivity index (χ3v) is 5.73. The van der Waals surface area contributed by atoms with Crippen LogP contribution in [0.25, 0.3) is 0 Å². The minimum absolute atomic E-state index is 0.0431. The quantitative estimate of drug-likeness (QED) is 0.651. The van der Waals surface area contributed by atoms with Crippen molar-refractivity contribution in [2.45, 2.75) is 30.5 Å². The number of hydrogen-bond donors (Lipinski definition) is 2. The Morgan fingerprint density at radius 3 is 2.56 bits per heavy atom. The Morgan fingerprint density at radius 2 is 1.97 bits per heavy atom. The van der Waals surface area contributed by atoms with Crippen LogP contribution in [0, 0.1) is 5.92 Å². The first-order valence-electron chi connectivity index (χ1n) is 9.20. The van der Waals surface area contributed by atoms with E-state index in [1.165, 1.54) is 17.9 Å². The number of pyridine rings is 2. The van der Waals surface area contributed by atoms with Gasteiger partial charge in [-0.25, -0.2) is 32.3 Å². The van der Waals surface area contributed by atoms with E-state index in [-0.39, 0.29) is 24.3 Å². The number of anilines is 2. The number of aromatic nitrogens is 2. The zero-order valence-electron chi connectivity index (χ0n) is 16.5. The average molecular weight is 479 g/mol. The predicted octanol–water partition coefficient (Wildman–Crippen LogP) is 2.88. The number of amides is 1. The molecule has 0 aliphatic carbocycles. The van der Waals surface area contributed by atoms with Gasteiger partial charge in [0.1, 0.15) is 11.5 Å². The molecule has 0 spiro atoms. The lowest BCUT2D eigenvalue weighted by molar-refractivity contribution is -0.141. The molecule has 0 unspecified atom stereocenters. The summed E-state index contributed by atoms with van der Waals surface area (Å²) in [5, 5.41) is 6.80. The zero-order valence-corrected chi connectivity index (χ0v) is 17.3. The molecule has 0 bridgehead atoms. The first-order valence-corrected chi connectivity index (χ1v) is 10.7. The Labute approximate surface area is 179 Å². The molecule has 1 aliphatic heterocycles. The summed E-state index contributed by atoms with van der Waals surface area (Å²) in [4.78, 5) is 21.1. The Kier molecular flexibility index (Phi) is 6.12. The van der Waals surface area contributed by atoms with Gasteiger partial charge < -0.3 is 10.2 Å². The molecule has 2 aromatic rings. The smallest absolute Gasteiger partial charge is 0.355 e. The molecule has 3 rings (SSSR count). The largest absolute Gasteiger partial charge is 0.433 e. The van der Waals surface area contributed by atoms with Crippen LogP contribution in [0.15, 0.2) is 35.5 Å². The molecule has 1 atom stereocenters. The van der Waals surface area contributed by atoms with Gasteiger partial charge in [-0.3, -0.25) is 4.79 Å². The van der Waals surface area contributed by atoms with Crippen LogP contribution in [-0.2, 0) is 16.2 Å². The highest BCUT2D eigenvalue weighted by Gasteiger charge is 2.43. The first kappa shape index (κ1) is 23.8. The fraction of sp³-hybridized carbons (Fsp3) is 0.389. The molecule has 3 heterocycles. The lowest BCUT2D eigenvalue weighted by Crippen LogP contribution is -2.46. The summed E-state index contributed by atoms with van der Waals surface area (Å²) in [6, 6.07) is 3.70. The van der Waals surface area contributed by atoms with Crippen molar-refractivity contribution in [1.82, 2.24) is 9.97 Å². The highest BCUT2D eigenvalue weighted by molar-refractivity contribution is 7.89. The molecule has 0 radical (unpaired) electrons. The third-order valence-electron chi connectivity index (χ3n) is 4.92. The van der Waals surface area contributed by atoms with Crippen molar-refractivity contribution >= 4 is 27.4 Å². The zero-order chi connectivity index (χ0) is 23.9. The van der Waals surface area contributed by atoms with Gasteiger partial charge in [0, 0.05) is 43.4 Å². The molecule has 0 aromatic carbocycles. The Bertz CT molecular complexity index is 1140. The van der Waals surface area contributed by atoms with Crippen molar-refractivity contribution in [2.24, 2.45) is 11.1 Å². The molecule has 3 N–H and O–H groups in total. The monoisotopic (exact) mass is 479 g/mol. The topological polar surface area (TPSA) is 118 Å². The molecular weight excluding hydrogens is 461 g/mol. The van der Waals surface area contributed by atoms with Crippen LogP contribution in [0.4, 0.5) is 33.5 Å². The van der Waals surface area contributed by atoms with Gasteiger partial charge in [0.25, 0.3) is 21.9 Å². The lowest BCUT2D eigenvalue weighted by Gasteiger charge is -2.38. The minimum atomic E-state index is -4.81. The maximum atomic E-state index is 13.9. The molecule has 0 saturated carbocycles. The number of carbonyl (C=O) groups excluding carboxylic acids is 1. The summed E-state index contributed by atoms with van der Waals surface area (Å²) in [5.74, 6) is -5.50. The second kappa shape index (κ2) is 8.24. The average Bonchev–Trinajstić information content (AvgIpc) is 2.68. The van der Waals surface area contributed by atoms with Gasteiger partial charge in [-0.15, -0.1) is 0 Å². The van der Waals surface area contributed by atoms with E-state index >= 15 is 0 Å². The maximum Gasteiger partial charge on any atom is 0.433 e. The molecule has 1 aliphatic rings. The number of piperidine rings is 1. The van der Waals surface area contributed by atoms with Crippen molar-refractivity contribution in [1.29, 1.82) is 0 Å². The highest BCUT2D eigenvalue weighted by atomic mass is 32.2. The van der Waals surface area contributed by atoms with Crippen LogP contribution in [0.2, 0.25) is 0 Å². The van der Waals surface area contributed by atoms with Crippen LogP contribution in [0.5, 0.6) is 0 Å². The molecule has 32 heavy (non-hydrogen) atoms. The lowest BCUT2D eigenvalue weighted by atomic mass is 9.95. The predicted molar refractivity (Wildman–Crippen MR) is 104 cm³/mol. The van der Waals surface area contributed by atoms with Crippen molar-refractivity contribution < 1.29 is 35.2 Å². The van der Waals surface area contributed by atoms with Crippen LogP contribution in [0.1, 0.15) is 29.4 Å². The molecule has 1 fully saturated rings. The molecule has 2 aromatic heterocycles. The Balaban J connectivity index is 1.98. The second-order valence-corrected chi connectivity index (χ2v) is 8.81. The molecule has 8 nitrogen and oxygen atoms in total.